The van der Waals surface area contributed by atoms with Crippen LogP contribution < -0.4 is 0 Å². The monoisotopic (exact) mass is 744 g/mol. The lowest BCUT2D eigenvalue weighted by molar-refractivity contribution is 1.05. The molecule has 8 aromatic carbocycles. The molecular formula is C52H32N4S. The molecule has 5 heteroatoms. The lowest BCUT2D eigenvalue weighted by Gasteiger charge is -2.13. The van der Waals surface area contributed by atoms with Crippen molar-refractivity contribution in [2.75, 3.05) is 0 Å². The summed E-state index contributed by atoms with van der Waals surface area (Å²) >= 11 is 1.86. The number of rotatable bonds is 5. The molecule has 0 aliphatic heterocycles. The van der Waals surface area contributed by atoms with Crippen molar-refractivity contribution >= 4 is 75.1 Å². The van der Waals surface area contributed by atoms with Gasteiger partial charge in [0.15, 0.2) is 5.82 Å². The number of hydrogen-bond acceptors (Lipinski definition) is 3. The van der Waals surface area contributed by atoms with Gasteiger partial charge in [-0.1, -0.05) is 152 Å². The lowest BCUT2D eigenvalue weighted by Crippen LogP contribution is -2.02. The minimum Gasteiger partial charge on any atom is -0.309 e. The van der Waals surface area contributed by atoms with Gasteiger partial charge < -0.3 is 4.57 Å². The molecule has 0 atom stereocenters. The third-order valence-electron chi connectivity index (χ3n) is 11.3. The van der Waals surface area contributed by atoms with Crippen LogP contribution in [0.2, 0.25) is 0 Å². The second-order valence-corrected chi connectivity index (χ2v) is 15.6. The molecule has 0 amide bonds. The molecule has 4 aromatic heterocycles. The zero-order valence-electron chi connectivity index (χ0n) is 30.7. The van der Waals surface area contributed by atoms with Gasteiger partial charge >= 0.3 is 0 Å². The van der Waals surface area contributed by atoms with Gasteiger partial charge in [0, 0.05) is 64.6 Å². The molecule has 0 fully saturated rings. The van der Waals surface area contributed by atoms with Crippen molar-refractivity contribution in [3.05, 3.63) is 194 Å². The summed E-state index contributed by atoms with van der Waals surface area (Å²) in [5.74, 6) is 1.53. The van der Waals surface area contributed by atoms with E-state index in [9.17, 15) is 0 Å². The Bertz CT molecular complexity index is 3450. The maximum absolute atomic E-state index is 5.39. The molecule has 4 heterocycles. The van der Waals surface area contributed by atoms with Crippen LogP contribution in [0.4, 0.5) is 0 Å². The second-order valence-electron chi connectivity index (χ2n) is 14.6. The minimum atomic E-state index is 0.695. The molecule has 0 bridgehead atoms. The summed E-state index contributed by atoms with van der Waals surface area (Å²) in [6.45, 7) is 0. The average Bonchev–Trinajstić information content (AvgIpc) is 3.95. The number of benzene rings is 8. The Balaban J connectivity index is 1.24. The topological polar surface area (TPSA) is 35.6 Å². The Labute approximate surface area is 332 Å². The quantitative estimate of drug-likeness (QED) is 0.176. The van der Waals surface area contributed by atoms with Crippen molar-refractivity contribution in [3.63, 3.8) is 0 Å². The van der Waals surface area contributed by atoms with Crippen molar-refractivity contribution < 1.29 is 0 Å². The standard InChI is InChI=1S/C52H32N4S/c1-4-15-33(16-5-1)36-21-14-22-37(31-36)55-43-25-12-10-23-38(43)40-27-29-45-48(50(40)55)49-46(57-45)30-28-41-39-24-11-13-26-44(39)56(51(41)49)47-32-42(34-17-6-2-7-18-34)53-52(54-47)35-19-8-3-9-20-35/h1-32H. The van der Waals surface area contributed by atoms with Crippen molar-refractivity contribution in [3.8, 4) is 45.3 Å². The summed E-state index contributed by atoms with van der Waals surface area (Å²) in [5, 5.41) is 7.36. The first kappa shape index (κ1) is 32.0. The first-order chi connectivity index (χ1) is 28.3. The molecule has 0 N–H and O–H groups in total. The zero-order chi connectivity index (χ0) is 37.5. The number of thiophene rings is 1. The van der Waals surface area contributed by atoms with Gasteiger partial charge in [0.25, 0.3) is 0 Å². The molecule has 4 nitrogen and oxygen atoms in total. The van der Waals surface area contributed by atoms with Crippen molar-refractivity contribution in [2.45, 2.75) is 0 Å². The highest BCUT2D eigenvalue weighted by molar-refractivity contribution is 7.26. The molecule has 0 saturated carbocycles. The van der Waals surface area contributed by atoms with Gasteiger partial charge in [-0.15, -0.1) is 11.3 Å². The largest absolute Gasteiger partial charge is 0.309 e. The van der Waals surface area contributed by atoms with E-state index < -0.39 is 0 Å². The first-order valence-electron chi connectivity index (χ1n) is 19.3. The van der Waals surface area contributed by atoms with Crippen LogP contribution in [0.1, 0.15) is 0 Å². The van der Waals surface area contributed by atoms with Gasteiger partial charge in [0.05, 0.1) is 27.8 Å². The molecule has 0 saturated heterocycles. The molecule has 0 spiro atoms. The van der Waals surface area contributed by atoms with E-state index in [0.29, 0.717) is 5.82 Å². The lowest BCUT2D eigenvalue weighted by atomic mass is 10.0. The van der Waals surface area contributed by atoms with Gasteiger partial charge in [-0.2, -0.15) is 0 Å². The number of para-hydroxylation sites is 2. The Kier molecular flexibility index (Phi) is 7.06. The van der Waals surface area contributed by atoms with E-state index in [-0.39, 0.29) is 0 Å². The highest BCUT2D eigenvalue weighted by atomic mass is 32.1. The van der Waals surface area contributed by atoms with Crippen LogP contribution >= 0.6 is 11.3 Å². The fourth-order valence-electron chi connectivity index (χ4n) is 8.83. The van der Waals surface area contributed by atoms with Crippen LogP contribution in [-0.4, -0.2) is 19.1 Å². The number of aromatic nitrogens is 4. The van der Waals surface area contributed by atoms with E-state index in [1.54, 1.807) is 0 Å². The third kappa shape index (κ3) is 4.93. The molecule has 0 aliphatic carbocycles. The maximum Gasteiger partial charge on any atom is 0.162 e. The van der Waals surface area contributed by atoms with Gasteiger partial charge in [-0.3, -0.25) is 4.57 Å². The number of nitrogens with zero attached hydrogens (tertiary/aromatic N) is 4. The molecule has 0 aliphatic rings. The predicted molar refractivity (Wildman–Crippen MR) is 240 cm³/mol. The third-order valence-corrected chi connectivity index (χ3v) is 12.4. The van der Waals surface area contributed by atoms with Gasteiger partial charge in [-0.05, 0) is 47.5 Å². The van der Waals surface area contributed by atoms with E-state index in [0.717, 1.165) is 39.4 Å². The Morgan fingerprint density at radius 1 is 0.368 bits per heavy atom. The molecule has 266 valence electrons. The van der Waals surface area contributed by atoms with E-state index >= 15 is 0 Å². The molecule has 57 heavy (non-hydrogen) atoms. The molecule has 12 rings (SSSR count). The Morgan fingerprint density at radius 2 is 0.895 bits per heavy atom. The summed E-state index contributed by atoms with van der Waals surface area (Å²) in [5.41, 5.74) is 11.1. The molecule has 12 aromatic rings. The minimum absolute atomic E-state index is 0.695. The van der Waals surface area contributed by atoms with Crippen LogP contribution in [0.15, 0.2) is 194 Å². The van der Waals surface area contributed by atoms with Crippen molar-refractivity contribution in [2.24, 2.45) is 0 Å². The van der Waals surface area contributed by atoms with Crippen LogP contribution in [0.3, 0.4) is 0 Å². The van der Waals surface area contributed by atoms with Crippen LogP contribution in [0, 0.1) is 0 Å². The van der Waals surface area contributed by atoms with E-state index in [2.05, 4.69) is 191 Å². The molecule has 0 unspecified atom stereocenters. The van der Waals surface area contributed by atoms with Crippen LogP contribution in [0.25, 0.3) is 109 Å². The van der Waals surface area contributed by atoms with Crippen molar-refractivity contribution in [1.82, 2.24) is 19.1 Å². The van der Waals surface area contributed by atoms with Crippen LogP contribution in [-0.2, 0) is 0 Å². The summed E-state index contributed by atoms with van der Waals surface area (Å²) in [7, 11) is 0. The molecular weight excluding hydrogens is 713 g/mol. The Hall–Kier alpha value is -7.34. The smallest absolute Gasteiger partial charge is 0.162 e. The number of hydrogen-bond donors (Lipinski definition) is 0. The fraction of sp³-hybridized carbons (Fsp3) is 0. The highest BCUT2D eigenvalue weighted by Gasteiger charge is 2.24. The normalized spacial score (nSPS) is 11.9. The van der Waals surface area contributed by atoms with Crippen LogP contribution in [0.5, 0.6) is 0 Å². The van der Waals surface area contributed by atoms with E-state index in [4.69, 9.17) is 9.97 Å². The second kappa shape index (κ2) is 12.6. The summed E-state index contributed by atoms with van der Waals surface area (Å²) in [4.78, 5) is 10.6. The van der Waals surface area contributed by atoms with Gasteiger partial charge in [0.2, 0.25) is 0 Å². The highest BCUT2D eigenvalue weighted by Crippen LogP contribution is 2.47. The SMILES string of the molecule is c1ccc(-c2cccc(-n3c4ccccc4c4ccc5sc6ccc7c8ccccc8n(-c8cc(-c9ccccc9)nc(-c9ccccc9)n8)c7c6c5c43)c2)cc1. The maximum atomic E-state index is 5.39. The van der Waals surface area contributed by atoms with E-state index in [1.165, 1.54) is 63.9 Å². The fourth-order valence-corrected chi connectivity index (χ4v) is 9.94. The average molecular weight is 745 g/mol. The first-order valence-corrected chi connectivity index (χ1v) is 20.1. The predicted octanol–water partition coefficient (Wildman–Crippen LogP) is 14.0. The molecule has 0 radical (unpaired) electrons. The van der Waals surface area contributed by atoms with Gasteiger partial charge in [-0.25, -0.2) is 9.97 Å². The van der Waals surface area contributed by atoms with E-state index in [1.807, 2.05) is 23.5 Å². The van der Waals surface area contributed by atoms with Crippen molar-refractivity contribution in [1.29, 1.82) is 0 Å². The zero-order valence-corrected chi connectivity index (χ0v) is 31.5. The Morgan fingerprint density at radius 3 is 1.54 bits per heavy atom. The summed E-state index contributed by atoms with van der Waals surface area (Å²) in [6, 6.07) is 69.4. The van der Waals surface area contributed by atoms with Gasteiger partial charge in [0.1, 0.15) is 5.82 Å². The number of fused-ring (bicyclic) bond motifs is 11. The summed E-state index contributed by atoms with van der Waals surface area (Å²) in [6.07, 6.45) is 0. The summed E-state index contributed by atoms with van der Waals surface area (Å²) < 4.78 is 7.37.